The molecule has 0 saturated heterocycles. The van der Waals surface area contributed by atoms with Gasteiger partial charge in [-0.25, -0.2) is 0 Å². The summed E-state index contributed by atoms with van der Waals surface area (Å²) >= 11 is 0. The van der Waals surface area contributed by atoms with E-state index in [0.29, 0.717) is 0 Å². The summed E-state index contributed by atoms with van der Waals surface area (Å²) in [6.07, 6.45) is 1.96. The molecular formula is C13H18N4. The van der Waals surface area contributed by atoms with E-state index < -0.39 is 0 Å². The number of hydrogen-bond acceptors (Lipinski definition) is 3. The monoisotopic (exact) mass is 230 g/mol. The van der Waals surface area contributed by atoms with Crippen LogP contribution in [-0.4, -0.2) is 21.7 Å². The van der Waals surface area contributed by atoms with Gasteiger partial charge >= 0.3 is 0 Å². The quantitative estimate of drug-likeness (QED) is 0.812. The Labute approximate surface area is 102 Å². The van der Waals surface area contributed by atoms with Crippen LogP contribution in [0.2, 0.25) is 0 Å². The second kappa shape index (κ2) is 5.01. The zero-order valence-corrected chi connectivity index (χ0v) is 10.3. The summed E-state index contributed by atoms with van der Waals surface area (Å²) in [6, 6.07) is 10.0. The van der Waals surface area contributed by atoms with Gasteiger partial charge in [-0.2, -0.15) is 5.10 Å². The second-order valence-electron chi connectivity index (χ2n) is 4.40. The lowest BCUT2D eigenvalue weighted by molar-refractivity contribution is 0.314. The fraction of sp³-hybridized carbons (Fsp3) is 0.308. The van der Waals surface area contributed by atoms with E-state index in [9.17, 15) is 0 Å². The van der Waals surface area contributed by atoms with Crippen LogP contribution in [-0.2, 0) is 20.1 Å². The molecule has 90 valence electrons. The highest BCUT2D eigenvalue weighted by molar-refractivity contribution is 5.40. The molecule has 2 aromatic rings. The summed E-state index contributed by atoms with van der Waals surface area (Å²) < 4.78 is 1.82. The minimum Gasteiger partial charge on any atom is -0.399 e. The lowest BCUT2D eigenvalue weighted by atomic mass is 10.2. The third-order valence-corrected chi connectivity index (χ3v) is 2.60. The molecule has 0 bridgehead atoms. The second-order valence-corrected chi connectivity index (χ2v) is 4.40. The third kappa shape index (κ3) is 3.32. The standard InChI is InChI=1S/C13H18N4/c1-16(10-13-6-7-17(2)15-13)9-11-4-3-5-12(14)8-11/h3-8H,9-10,14H2,1-2H3. The Kier molecular flexibility index (Phi) is 3.44. The van der Waals surface area contributed by atoms with Gasteiger partial charge in [-0.1, -0.05) is 12.1 Å². The molecule has 2 rings (SSSR count). The van der Waals surface area contributed by atoms with Gasteiger partial charge in [0.1, 0.15) is 0 Å². The molecule has 1 aromatic heterocycles. The molecule has 0 saturated carbocycles. The van der Waals surface area contributed by atoms with Crippen LogP contribution in [0.5, 0.6) is 0 Å². The number of nitrogens with two attached hydrogens (primary N) is 1. The number of rotatable bonds is 4. The first kappa shape index (κ1) is 11.7. The highest BCUT2D eigenvalue weighted by Gasteiger charge is 2.04. The zero-order chi connectivity index (χ0) is 12.3. The van der Waals surface area contributed by atoms with Gasteiger partial charge in [0.15, 0.2) is 0 Å². The lowest BCUT2D eigenvalue weighted by Gasteiger charge is -2.15. The van der Waals surface area contributed by atoms with Crippen LogP contribution in [0.25, 0.3) is 0 Å². The van der Waals surface area contributed by atoms with Gasteiger partial charge in [0.25, 0.3) is 0 Å². The smallest absolute Gasteiger partial charge is 0.0764 e. The number of benzene rings is 1. The maximum absolute atomic E-state index is 5.76. The van der Waals surface area contributed by atoms with Gasteiger partial charge in [-0.3, -0.25) is 9.58 Å². The van der Waals surface area contributed by atoms with Crippen molar-refractivity contribution in [3.63, 3.8) is 0 Å². The molecule has 0 spiro atoms. The van der Waals surface area contributed by atoms with E-state index >= 15 is 0 Å². The van der Waals surface area contributed by atoms with Crippen molar-refractivity contribution in [3.05, 3.63) is 47.8 Å². The summed E-state index contributed by atoms with van der Waals surface area (Å²) in [5.74, 6) is 0. The number of anilines is 1. The highest BCUT2D eigenvalue weighted by atomic mass is 15.3. The van der Waals surface area contributed by atoms with Crippen molar-refractivity contribution in [2.24, 2.45) is 7.05 Å². The summed E-state index contributed by atoms with van der Waals surface area (Å²) in [6.45, 7) is 1.72. The van der Waals surface area contributed by atoms with Gasteiger partial charge in [-0.05, 0) is 30.8 Å². The Morgan fingerprint density at radius 3 is 2.76 bits per heavy atom. The Bertz CT molecular complexity index is 490. The van der Waals surface area contributed by atoms with Crippen molar-refractivity contribution < 1.29 is 0 Å². The molecule has 2 N–H and O–H groups in total. The van der Waals surface area contributed by atoms with Crippen LogP contribution in [0, 0.1) is 0 Å². The Morgan fingerprint density at radius 1 is 1.29 bits per heavy atom. The van der Waals surface area contributed by atoms with Crippen LogP contribution < -0.4 is 5.73 Å². The van der Waals surface area contributed by atoms with Crippen LogP contribution >= 0.6 is 0 Å². The molecule has 0 atom stereocenters. The number of aromatic nitrogens is 2. The molecule has 4 nitrogen and oxygen atoms in total. The maximum atomic E-state index is 5.76. The fourth-order valence-corrected chi connectivity index (χ4v) is 1.88. The van der Waals surface area contributed by atoms with E-state index in [1.165, 1.54) is 5.56 Å². The number of aryl methyl sites for hydroxylation is 1. The average Bonchev–Trinajstić information content (AvgIpc) is 2.63. The van der Waals surface area contributed by atoms with Gasteiger partial charge in [0.05, 0.1) is 5.69 Å². The predicted octanol–water partition coefficient (Wildman–Crippen LogP) is 1.63. The van der Waals surface area contributed by atoms with Crippen molar-refractivity contribution >= 4 is 5.69 Å². The SMILES string of the molecule is CN(Cc1cccc(N)c1)Cc1ccn(C)n1. The van der Waals surface area contributed by atoms with Gasteiger partial charge in [0.2, 0.25) is 0 Å². The van der Waals surface area contributed by atoms with Crippen LogP contribution in [0.3, 0.4) is 0 Å². The molecule has 0 amide bonds. The predicted molar refractivity (Wildman–Crippen MR) is 69.2 cm³/mol. The fourth-order valence-electron chi connectivity index (χ4n) is 1.88. The van der Waals surface area contributed by atoms with E-state index in [0.717, 1.165) is 24.5 Å². The Balaban J connectivity index is 1.95. The van der Waals surface area contributed by atoms with Crippen LogP contribution in [0.1, 0.15) is 11.3 Å². The van der Waals surface area contributed by atoms with Crippen molar-refractivity contribution in [2.75, 3.05) is 12.8 Å². The molecular weight excluding hydrogens is 212 g/mol. The molecule has 1 heterocycles. The summed E-state index contributed by atoms with van der Waals surface area (Å²) in [5, 5.41) is 4.36. The average molecular weight is 230 g/mol. The van der Waals surface area contributed by atoms with Gasteiger partial charge < -0.3 is 5.73 Å². The van der Waals surface area contributed by atoms with Crippen LogP contribution in [0.4, 0.5) is 5.69 Å². The minimum atomic E-state index is 0.814. The van der Waals surface area contributed by atoms with Crippen molar-refractivity contribution in [1.82, 2.24) is 14.7 Å². The highest BCUT2D eigenvalue weighted by Crippen LogP contribution is 2.10. The topological polar surface area (TPSA) is 47.1 Å². The van der Waals surface area contributed by atoms with E-state index in [1.807, 2.05) is 42.2 Å². The number of hydrogen-bond donors (Lipinski definition) is 1. The van der Waals surface area contributed by atoms with E-state index in [4.69, 9.17) is 5.73 Å². The first-order valence-corrected chi connectivity index (χ1v) is 5.65. The van der Waals surface area contributed by atoms with Crippen molar-refractivity contribution in [1.29, 1.82) is 0 Å². The number of nitrogens with zero attached hydrogens (tertiary/aromatic N) is 3. The minimum absolute atomic E-state index is 0.814. The van der Waals surface area contributed by atoms with Crippen LogP contribution in [0.15, 0.2) is 36.5 Å². The molecule has 0 aliphatic carbocycles. The van der Waals surface area contributed by atoms with Crippen molar-refractivity contribution in [2.45, 2.75) is 13.1 Å². The zero-order valence-electron chi connectivity index (χ0n) is 10.3. The molecule has 0 fully saturated rings. The summed E-state index contributed by atoms with van der Waals surface area (Å²) in [5.41, 5.74) is 8.88. The molecule has 0 aliphatic heterocycles. The summed E-state index contributed by atoms with van der Waals surface area (Å²) in [4.78, 5) is 2.22. The Hall–Kier alpha value is -1.81. The largest absolute Gasteiger partial charge is 0.399 e. The van der Waals surface area contributed by atoms with E-state index in [1.54, 1.807) is 0 Å². The third-order valence-electron chi connectivity index (χ3n) is 2.60. The molecule has 0 aliphatic rings. The molecule has 1 aromatic carbocycles. The van der Waals surface area contributed by atoms with E-state index in [-0.39, 0.29) is 0 Å². The van der Waals surface area contributed by atoms with E-state index in [2.05, 4.69) is 23.1 Å². The Morgan fingerprint density at radius 2 is 2.12 bits per heavy atom. The number of nitrogen functional groups attached to an aromatic ring is 1. The van der Waals surface area contributed by atoms with Gasteiger partial charge in [-0.15, -0.1) is 0 Å². The lowest BCUT2D eigenvalue weighted by Crippen LogP contribution is -2.17. The molecule has 0 unspecified atom stereocenters. The molecule has 17 heavy (non-hydrogen) atoms. The van der Waals surface area contributed by atoms with Crippen molar-refractivity contribution in [3.8, 4) is 0 Å². The van der Waals surface area contributed by atoms with Gasteiger partial charge in [0, 0.05) is 32.0 Å². The first-order valence-electron chi connectivity index (χ1n) is 5.65. The first-order chi connectivity index (χ1) is 8.13. The summed E-state index contributed by atoms with van der Waals surface area (Å²) in [7, 11) is 4.01. The molecule has 0 radical (unpaired) electrons. The molecule has 4 heteroatoms. The maximum Gasteiger partial charge on any atom is 0.0764 e. The normalized spacial score (nSPS) is 11.0.